The van der Waals surface area contributed by atoms with Crippen LogP contribution in [0.15, 0.2) is 40.9 Å². The molecule has 0 bridgehead atoms. The van der Waals surface area contributed by atoms with E-state index in [1.165, 1.54) is 16.7 Å². The van der Waals surface area contributed by atoms with Gasteiger partial charge in [-0.2, -0.15) is 0 Å². The van der Waals surface area contributed by atoms with Gasteiger partial charge in [0.1, 0.15) is 18.1 Å². The van der Waals surface area contributed by atoms with E-state index in [9.17, 15) is 4.79 Å². The molecule has 2 rings (SSSR count). The van der Waals surface area contributed by atoms with Crippen LogP contribution in [0.3, 0.4) is 0 Å². The highest BCUT2D eigenvalue weighted by Crippen LogP contribution is 2.26. The van der Waals surface area contributed by atoms with Crippen molar-refractivity contribution in [3.05, 3.63) is 57.6 Å². The van der Waals surface area contributed by atoms with Gasteiger partial charge >= 0.3 is 0 Å². The van der Waals surface area contributed by atoms with Crippen molar-refractivity contribution in [1.29, 1.82) is 0 Å². The Morgan fingerprint density at radius 3 is 2.56 bits per heavy atom. The van der Waals surface area contributed by atoms with Gasteiger partial charge < -0.3 is 14.8 Å². The normalized spacial score (nSPS) is 10.4. The van der Waals surface area contributed by atoms with Crippen LogP contribution in [0, 0.1) is 13.8 Å². The maximum Gasteiger partial charge on any atom is 0.258 e. The van der Waals surface area contributed by atoms with Crippen LogP contribution in [0.2, 0.25) is 0 Å². The van der Waals surface area contributed by atoms with E-state index >= 15 is 0 Å². The standard InChI is InChI=1S/C20H24BrNO3/c1-4-16-6-8-19(18(21)12-16)25-13-20(23)22-9-10-24-17-7-5-14(2)15(3)11-17/h5-8,11-12H,4,9-10,13H2,1-3H3,(H,22,23). The molecule has 0 radical (unpaired) electrons. The zero-order valence-corrected chi connectivity index (χ0v) is 16.5. The summed E-state index contributed by atoms with van der Waals surface area (Å²) in [5.74, 6) is 1.31. The van der Waals surface area contributed by atoms with Gasteiger partial charge in [0.2, 0.25) is 0 Å². The largest absolute Gasteiger partial charge is 0.492 e. The molecule has 1 amide bonds. The summed E-state index contributed by atoms with van der Waals surface area (Å²) in [5.41, 5.74) is 3.64. The van der Waals surface area contributed by atoms with E-state index in [4.69, 9.17) is 9.47 Å². The van der Waals surface area contributed by atoms with Crippen molar-refractivity contribution < 1.29 is 14.3 Å². The molecule has 134 valence electrons. The molecule has 0 aliphatic heterocycles. The van der Waals surface area contributed by atoms with Gasteiger partial charge in [-0.15, -0.1) is 0 Å². The third-order valence-electron chi connectivity index (χ3n) is 3.93. The fourth-order valence-corrected chi connectivity index (χ4v) is 2.78. The number of hydrogen-bond donors (Lipinski definition) is 1. The highest BCUT2D eigenvalue weighted by Gasteiger charge is 2.06. The minimum Gasteiger partial charge on any atom is -0.492 e. The average molecular weight is 406 g/mol. The molecule has 2 aromatic carbocycles. The summed E-state index contributed by atoms with van der Waals surface area (Å²) >= 11 is 3.46. The van der Waals surface area contributed by atoms with Crippen LogP contribution in [0.4, 0.5) is 0 Å². The predicted molar refractivity (Wildman–Crippen MR) is 103 cm³/mol. The van der Waals surface area contributed by atoms with Crippen molar-refractivity contribution in [2.45, 2.75) is 27.2 Å². The van der Waals surface area contributed by atoms with Crippen molar-refractivity contribution in [2.75, 3.05) is 19.8 Å². The molecule has 5 heteroatoms. The Balaban J connectivity index is 1.69. The summed E-state index contributed by atoms with van der Waals surface area (Å²) in [7, 11) is 0. The highest BCUT2D eigenvalue weighted by molar-refractivity contribution is 9.10. The zero-order valence-electron chi connectivity index (χ0n) is 14.9. The second-order valence-electron chi connectivity index (χ2n) is 5.85. The fraction of sp³-hybridized carbons (Fsp3) is 0.350. The van der Waals surface area contributed by atoms with Gasteiger partial charge in [-0.3, -0.25) is 4.79 Å². The molecule has 2 aromatic rings. The maximum atomic E-state index is 11.9. The summed E-state index contributed by atoms with van der Waals surface area (Å²) in [4.78, 5) is 11.9. The van der Waals surface area contributed by atoms with Gasteiger partial charge in [-0.1, -0.05) is 19.1 Å². The van der Waals surface area contributed by atoms with Crippen molar-refractivity contribution >= 4 is 21.8 Å². The SMILES string of the molecule is CCc1ccc(OCC(=O)NCCOc2ccc(C)c(C)c2)c(Br)c1. The molecule has 25 heavy (non-hydrogen) atoms. The van der Waals surface area contributed by atoms with E-state index in [1.54, 1.807) is 0 Å². The monoisotopic (exact) mass is 405 g/mol. The number of amides is 1. The smallest absolute Gasteiger partial charge is 0.258 e. The molecule has 0 saturated heterocycles. The molecule has 0 aromatic heterocycles. The van der Waals surface area contributed by atoms with E-state index in [2.05, 4.69) is 35.1 Å². The van der Waals surface area contributed by atoms with Crippen molar-refractivity contribution in [3.8, 4) is 11.5 Å². The number of halogens is 1. The first-order chi connectivity index (χ1) is 12.0. The molecule has 0 atom stereocenters. The number of aryl methyl sites for hydroxylation is 3. The topological polar surface area (TPSA) is 47.6 Å². The van der Waals surface area contributed by atoms with Crippen LogP contribution in [0.5, 0.6) is 11.5 Å². The third-order valence-corrected chi connectivity index (χ3v) is 4.55. The Kier molecular flexibility index (Phi) is 7.31. The predicted octanol–water partition coefficient (Wildman–Crippen LogP) is 4.20. The minimum atomic E-state index is -0.171. The highest BCUT2D eigenvalue weighted by atomic mass is 79.9. The molecule has 0 aliphatic carbocycles. The Hall–Kier alpha value is -2.01. The van der Waals surface area contributed by atoms with Gasteiger partial charge in [-0.25, -0.2) is 0 Å². The second-order valence-corrected chi connectivity index (χ2v) is 6.71. The molecular formula is C20H24BrNO3. The lowest BCUT2D eigenvalue weighted by Gasteiger charge is -2.11. The van der Waals surface area contributed by atoms with E-state index in [-0.39, 0.29) is 12.5 Å². The van der Waals surface area contributed by atoms with Crippen LogP contribution in [-0.2, 0) is 11.2 Å². The lowest BCUT2D eigenvalue weighted by Crippen LogP contribution is -2.32. The summed E-state index contributed by atoms with van der Waals surface area (Å²) in [6.07, 6.45) is 0.958. The zero-order chi connectivity index (χ0) is 18.2. The van der Waals surface area contributed by atoms with Gasteiger partial charge in [0.25, 0.3) is 5.91 Å². The van der Waals surface area contributed by atoms with Crippen LogP contribution in [0.1, 0.15) is 23.6 Å². The molecule has 0 fully saturated rings. The first kappa shape index (κ1) is 19.3. The summed E-state index contributed by atoms with van der Waals surface area (Å²) in [6, 6.07) is 11.8. The molecule has 0 spiro atoms. The van der Waals surface area contributed by atoms with Crippen LogP contribution in [0.25, 0.3) is 0 Å². The summed E-state index contributed by atoms with van der Waals surface area (Å²) < 4.78 is 12.0. The first-order valence-electron chi connectivity index (χ1n) is 8.37. The molecule has 0 aliphatic rings. The van der Waals surface area contributed by atoms with E-state index in [1.807, 2.05) is 43.3 Å². The molecule has 1 N–H and O–H groups in total. The maximum absolute atomic E-state index is 11.9. The van der Waals surface area contributed by atoms with Crippen molar-refractivity contribution in [1.82, 2.24) is 5.32 Å². The van der Waals surface area contributed by atoms with Gasteiger partial charge in [-0.05, 0) is 77.2 Å². The summed E-state index contributed by atoms with van der Waals surface area (Å²) in [6.45, 7) is 7.04. The minimum absolute atomic E-state index is 0.0201. The number of carbonyl (C=O) groups is 1. The number of hydrogen-bond acceptors (Lipinski definition) is 3. The van der Waals surface area contributed by atoms with Gasteiger partial charge in [0.15, 0.2) is 6.61 Å². The Morgan fingerprint density at radius 2 is 1.88 bits per heavy atom. The average Bonchev–Trinajstić information content (AvgIpc) is 2.60. The summed E-state index contributed by atoms with van der Waals surface area (Å²) in [5, 5.41) is 2.79. The Bertz CT molecular complexity index is 731. The van der Waals surface area contributed by atoms with E-state index < -0.39 is 0 Å². The number of carbonyl (C=O) groups excluding carboxylic acids is 1. The van der Waals surface area contributed by atoms with Crippen molar-refractivity contribution in [3.63, 3.8) is 0 Å². The van der Waals surface area contributed by atoms with Gasteiger partial charge in [0.05, 0.1) is 11.0 Å². The van der Waals surface area contributed by atoms with E-state index in [0.29, 0.717) is 18.9 Å². The number of ether oxygens (including phenoxy) is 2. The number of nitrogens with one attached hydrogen (secondary N) is 1. The fourth-order valence-electron chi connectivity index (χ4n) is 2.24. The van der Waals surface area contributed by atoms with Crippen LogP contribution in [-0.4, -0.2) is 25.7 Å². The van der Waals surface area contributed by atoms with Crippen molar-refractivity contribution in [2.24, 2.45) is 0 Å². The molecule has 4 nitrogen and oxygen atoms in total. The molecule has 0 unspecified atom stereocenters. The quantitative estimate of drug-likeness (QED) is 0.669. The Labute approximate surface area is 157 Å². The molecular weight excluding hydrogens is 382 g/mol. The van der Waals surface area contributed by atoms with Crippen LogP contribution >= 0.6 is 15.9 Å². The first-order valence-corrected chi connectivity index (χ1v) is 9.17. The lowest BCUT2D eigenvalue weighted by atomic mass is 10.1. The molecule has 0 saturated carbocycles. The second kappa shape index (κ2) is 9.47. The van der Waals surface area contributed by atoms with Gasteiger partial charge in [0, 0.05) is 0 Å². The molecule has 0 heterocycles. The van der Waals surface area contributed by atoms with E-state index in [0.717, 1.165) is 16.6 Å². The number of benzene rings is 2. The lowest BCUT2D eigenvalue weighted by molar-refractivity contribution is -0.123. The van der Waals surface area contributed by atoms with Crippen LogP contribution < -0.4 is 14.8 Å². The third kappa shape index (κ3) is 6.09. The Morgan fingerprint density at radius 1 is 1.08 bits per heavy atom. The number of rotatable bonds is 8.